The Morgan fingerprint density at radius 3 is 2.95 bits per heavy atom. The molecule has 0 saturated carbocycles. The van der Waals surface area contributed by atoms with Gasteiger partial charge >= 0.3 is 5.97 Å². The largest absolute Gasteiger partial charge is 0.476 e. The van der Waals surface area contributed by atoms with Gasteiger partial charge in [-0.05, 0) is 18.6 Å². The third kappa shape index (κ3) is 4.45. The number of hydrogen-bond acceptors (Lipinski definition) is 5. The van der Waals surface area contributed by atoms with E-state index < -0.39 is 5.97 Å². The summed E-state index contributed by atoms with van der Waals surface area (Å²) in [7, 11) is 0. The summed E-state index contributed by atoms with van der Waals surface area (Å²) in [6.07, 6.45) is 4.60. The predicted octanol–water partition coefficient (Wildman–Crippen LogP) is 1.11. The van der Waals surface area contributed by atoms with Crippen LogP contribution in [0.15, 0.2) is 6.20 Å². The molecule has 1 aromatic heterocycles. The van der Waals surface area contributed by atoms with Crippen molar-refractivity contribution < 1.29 is 14.7 Å². The van der Waals surface area contributed by atoms with Crippen LogP contribution in [-0.4, -0.2) is 61.0 Å². The van der Waals surface area contributed by atoms with Crippen LogP contribution < -0.4 is 0 Å². The molecule has 116 valence electrons. The van der Waals surface area contributed by atoms with E-state index in [-0.39, 0.29) is 18.1 Å². The summed E-state index contributed by atoms with van der Waals surface area (Å²) < 4.78 is 1.29. The van der Waals surface area contributed by atoms with E-state index >= 15 is 0 Å². The Hall–Kier alpha value is -1.57. The highest BCUT2D eigenvalue weighted by Crippen LogP contribution is 2.22. The molecule has 1 N–H and O–H groups in total. The number of carboxylic acid groups (broad SMARTS) is 1. The van der Waals surface area contributed by atoms with Crippen LogP contribution in [-0.2, 0) is 11.3 Å². The van der Waals surface area contributed by atoms with Crippen molar-refractivity contribution in [3.05, 3.63) is 11.9 Å². The third-order valence-corrected chi connectivity index (χ3v) is 4.63. The molecule has 21 heavy (non-hydrogen) atoms. The van der Waals surface area contributed by atoms with Crippen molar-refractivity contribution in [1.82, 2.24) is 19.9 Å². The topological polar surface area (TPSA) is 88.3 Å². The Morgan fingerprint density at radius 2 is 2.29 bits per heavy atom. The Kier molecular flexibility index (Phi) is 5.60. The maximum Gasteiger partial charge on any atom is 0.358 e. The minimum atomic E-state index is -1.14. The van der Waals surface area contributed by atoms with Gasteiger partial charge in [-0.3, -0.25) is 4.79 Å². The van der Waals surface area contributed by atoms with Gasteiger partial charge in [-0.1, -0.05) is 18.6 Å². The molecular weight excluding hydrogens is 292 g/mol. The molecule has 1 saturated heterocycles. The van der Waals surface area contributed by atoms with Crippen molar-refractivity contribution in [2.24, 2.45) is 0 Å². The molecule has 2 heterocycles. The van der Waals surface area contributed by atoms with Gasteiger partial charge in [0, 0.05) is 18.3 Å². The molecule has 1 aliphatic heterocycles. The monoisotopic (exact) mass is 312 g/mol. The number of amides is 1. The second kappa shape index (κ2) is 7.44. The zero-order chi connectivity index (χ0) is 15.2. The van der Waals surface area contributed by atoms with Gasteiger partial charge in [0.15, 0.2) is 5.69 Å². The number of carbonyl (C=O) groups is 2. The van der Waals surface area contributed by atoms with Gasteiger partial charge < -0.3 is 10.0 Å². The van der Waals surface area contributed by atoms with E-state index in [2.05, 4.69) is 17.2 Å². The number of nitrogens with zero attached hydrogens (tertiary/aromatic N) is 4. The van der Waals surface area contributed by atoms with E-state index in [4.69, 9.17) is 5.11 Å². The SMILES string of the molecule is CCSC1CCCCN(C(=O)Cn2cc(C(=O)O)nn2)C1. The van der Waals surface area contributed by atoms with E-state index in [0.29, 0.717) is 5.25 Å². The van der Waals surface area contributed by atoms with E-state index in [1.165, 1.54) is 10.9 Å². The molecule has 0 aliphatic carbocycles. The lowest BCUT2D eigenvalue weighted by molar-refractivity contribution is -0.131. The van der Waals surface area contributed by atoms with Crippen molar-refractivity contribution in [3.8, 4) is 0 Å². The average molecular weight is 312 g/mol. The normalized spacial score (nSPS) is 19.3. The summed E-state index contributed by atoms with van der Waals surface area (Å²) in [6, 6.07) is 0. The smallest absolute Gasteiger partial charge is 0.358 e. The molecule has 0 bridgehead atoms. The van der Waals surface area contributed by atoms with Gasteiger partial charge in [-0.25, -0.2) is 9.48 Å². The minimum absolute atomic E-state index is 0.0274. The average Bonchev–Trinajstić information content (AvgIpc) is 2.78. The number of carbonyl (C=O) groups excluding carboxylic acids is 1. The van der Waals surface area contributed by atoms with Crippen LogP contribution in [0.1, 0.15) is 36.7 Å². The van der Waals surface area contributed by atoms with Crippen molar-refractivity contribution in [2.75, 3.05) is 18.8 Å². The molecule has 1 unspecified atom stereocenters. The van der Waals surface area contributed by atoms with Gasteiger partial charge in [0.05, 0.1) is 6.20 Å². The lowest BCUT2D eigenvalue weighted by Gasteiger charge is -2.24. The van der Waals surface area contributed by atoms with Crippen molar-refractivity contribution in [2.45, 2.75) is 38.0 Å². The third-order valence-electron chi connectivity index (χ3n) is 3.44. The quantitative estimate of drug-likeness (QED) is 0.876. The number of hydrogen-bond donors (Lipinski definition) is 1. The van der Waals surface area contributed by atoms with Gasteiger partial charge in [0.1, 0.15) is 6.54 Å². The zero-order valence-corrected chi connectivity index (χ0v) is 12.9. The first kappa shape index (κ1) is 15.8. The molecule has 0 aromatic carbocycles. The standard InChI is InChI=1S/C13H20N4O3S/c1-2-21-10-5-3-4-6-16(7-10)12(18)9-17-8-11(13(19)20)14-15-17/h8,10H,2-7,9H2,1H3,(H,19,20). The summed E-state index contributed by atoms with van der Waals surface area (Å²) in [6.45, 7) is 3.70. The van der Waals surface area contributed by atoms with Crippen LogP contribution >= 0.6 is 11.8 Å². The molecule has 2 rings (SSSR count). The highest BCUT2D eigenvalue weighted by Gasteiger charge is 2.22. The highest BCUT2D eigenvalue weighted by molar-refractivity contribution is 7.99. The van der Waals surface area contributed by atoms with E-state index in [1.54, 1.807) is 0 Å². The lowest BCUT2D eigenvalue weighted by atomic mass is 10.2. The minimum Gasteiger partial charge on any atom is -0.476 e. The fraction of sp³-hybridized carbons (Fsp3) is 0.692. The van der Waals surface area contributed by atoms with Crippen LogP contribution in [0.4, 0.5) is 0 Å². The number of aromatic carboxylic acids is 1. The molecule has 1 fully saturated rings. The predicted molar refractivity (Wildman–Crippen MR) is 79.3 cm³/mol. The summed E-state index contributed by atoms with van der Waals surface area (Å²) in [4.78, 5) is 24.9. The Balaban J connectivity index is 1.95. The van der Waals surface area contributed by atoms with Crippen molar-refractivity contribution in [3.63, 3.8) is 0 Å². The summed E-state index contributed by atoms with van der Waals surface area (Å²) in [5.74, 6) is -0.110. The van der Waals surface area contributed by atoms with Gasteiger partial charge in [-0.2, -0.15) is 11.8 Å². The first-order valence-electron chi connectivity index (χ1n) is 7.13. The van der Waals surface area contributed by atoms with Crippen LogP contribution in [0, 0.1) is 0 Å². The Morgan fingerprint density at radius 1 is 1.48 bits per heavy atom. The molecule has 1 aromatic rings. The summed E-state index contributed by atoms with van der Waals surface area (Å²) >= 11 is 1.89. The maximum absolute atomic E-state index is 12.3. The molecular formula is C13H20N4O3S. The number of rotatable bonds is 5. The molecule has 0 spiro atoms. The van der Waals surface area contributed by atoms with Gasteiger partial charge in [0.2, 0.25) is 5.91 Å². The lowest BCUT2D eigenvalue weighted by Crippen LogP contribution is -2.37. The number of thioether (sulfide) groups is 1. The van der Waals surface area contributed by atoms with E-state index in [9.17, 15) is 9.59 Å². The number of likely N-dealkylation sites (tertiary alicyclic amines) is 1. The second-order valence-corrected chi connectivity index (χ2v) is 6.60. The first-order valence-corrected chi connectivity index (χ1v) is 8.17. The Labute approximate surface area is 127 Å². The van der Waals surface area contributed by atoms with Crippen molar-refractivity contribution >= 4 is 23.6 Å². The van der Waals surface area contributed by atoms with Crippen LogP contribution in [0.3, 0.4) is 0 Å². The van der Waals surface area contributed by atoms with Crippen molar-refractivity contribution in [1.29, 1.82) is 0 Å². The second-order valence-electron chi connectivity index (χ2n) is 5.02. The summed E-state index contributed by atoms with van der Waals surface area (Å²) in [5.41, 5.74) is -0.141. The van der Waals surface area contributed by atoms with Gasteiger partial charge in [-0.15, -0.1) is 5.10 Å². The Bertz CT molecular complexity index is 505. The number of aromatic nitrogens is 3. The molecule has 1 atom stereocenters. The van der Waals surface area contributed by atoms with Gasteiger partial charge in [0.25, 0.3) is 0 Å². The fourth-order valence-electron chi connectivity index (χ4n) is 2.41. The highest BCUT2D eigenvalue weighted by atomic mass is 32.2. The molecule has 7 nitrogen and oxygen atoms in total. The maximum atomic E-state index is 12.3. The molecule has 8 heteroatoms. The van der Waals surface area contributed by atoms with Crippen LogP contribution in [0.5, 0.6) is 0 Å². The fourth-order valence-corrected chi connectivity index (χ4v) is 3.50. The molecule has 0 radical (unpaired) electrons. The van der Waals surface area contributed by atoms with E-state index in [0.717, 1.165) is 38.1 Å². The van der Waals surface area contributed by atoms with E-state index in [1.807, 2.05) is 16.7 Å². The number of carboxylic acids is 1. The van der Waals surface area contributed by atoms with Crippen LogP contribution in [0.2, 0.25) is 0 Å². The molecule has 1 aliphatic rings. The molecule has 1 amide bonds. The first-order chi connectivity index (χ1) is 10.1. The van der Waals surface area contributed by atoms with Crippen LogP contribution in [0.25, 0.3) is 0 Å². The summed E-state index contributed by atoms with van der Waals surface area (Å²) in [5, 5.41) is 16.5. The zero-order valence-electron chi connectivity index (χ0n) is 12.1.